The molecule has 0 saturated carbocycles. The molecular weight excluding hydrogens is 438 g/mol. The number of hydrogen-bond acceptors (Lipinski definition) is 9. The van der Waals surface area contributed by atoms with E-state index in [1.54, 1.807) is 39.0 Å². The first-order valence-electron chi connectivity index (χ1n) is 9.78. The van der Waals surface area contributed by atoms with Crippen LogP contribution < -0.4 is 15.7 Å². The largest absolute Gasteiger partial charge is 0.484 e. The third-order valence-corrected chi connectivity index (χ3v) is 5.49. The molecule has 0 aliphatic rings. The Bertz CT molecular complexity index is 1230. The summed E-state index contributed by atoms with van der Waals surface area (Å²) >= 11 is 0.929. The second-order valence-electron chi connectivity index (χ2n) is 6.49. The molecule has 0 unspecified atom stereocenters. The molecule has 0 spiro atoms. The number of fused-ring (bicyclic) bond motifs is 1. The van der Waals surface area contributed by atoms with Crippen LogP contribution in [0, 0.1) is 6.92 Å². The predicted octanol–water partition coefficient (Wildman–Crippen LogP) is 3.53. The Morgan fingerprint density at radius 2 is 1.72 bits per heavy atom. The highest BCUT2D eigenvalue weighted by atomic mass is 32.1. The predicted molar refractivity (Wildman–Crippen MR) is 118 cm³/mol. The maximum atomic E-state index is 12.5. The summed E-state index contributed by atoms with van der Waals surface area (Å²) in [5, 5.41) is 3.48. The van der Waals surface area contributed by atoms with Crippen LogP contribution in [0.15, 0.2) is 39.5 Å². The fraction of sp³-hybridized carbons (Fsp3) is 0.273. The fourth-order valence-electron chi connectivity index (χ4n) is 2.88. The van der Waals surface area contributed by atoms with Gasteiger partial charge in [-0.2, -0.15) is 0 Å². The van der Waals surface area contributed by atoms with Gasteiger partial charge in [0.05, 0.1) is 18.8 Å². The summed E-state index contributed by atoms with van der Waals surface area (Å²) in [6.45, 7) is 4.85. The summed E-state index contributed by atoms with van der Waals surface area (Å²) in [6, 6.07) is 7.76. The van der Waals surface area contributed by atoms with E-state index < -0.39 is 23.5 Å². The first-order chi connectivity index (χ1) is 15.3. The van der Waals surface area contributed by atoms with Gasteiger partial charge in [-0.1, -0.05) is 0 Å². The molecule has 3 aromatic rings. The van der Waals surface area contributed by atoms with E-state index in [1.165, 1.54) is 12.1 Å². The molecule has 2 aromatic heterocycles. The van der Waals surface area contributed by atoms with Crippen molar-refractivity contribution in [2.75, 3.05) is 25.1 Å². The lowest BCUT2D eigenvalue weighted by Gasteiger charge is -2.09. The molecule has 0 saturated heterocycles. The zero-order valence-electron chi connectivity index (χ0n) is 17.7. The van der Waals surface area contributed by atoms with Gasteiger partial charge in [0, 0.05) is 17.5 Å². The van der Waals surface area contributed by atoms with Crippen LogP contribution in [0.1, 0.15) is 39.4 Å². The number of benzene rings is 1. The summed E-state index contributed by atoms with van der Waals surface area (Å²) in [7, 11) is 0. The van der Waals surface area contributed by atoms with Gasteiger partial charge >= 0.3 is 17.6 Å². The number of amides is 1. The van der Waals surface area contributed by atoms with Crippen LogP contribution in [0.25, 0.3) is 11.0 Å². The van der Waals surface area contributed by atoms with E-state index in [2.05, 4.69) is 5.32 Å². The number of thiophene rings is 1. The van der Waals surface area contributed by atoms with Crippen molar-refractivity contribution in [3.05, 3.63) is 56.8 Å². The Labute approximate surface area is 186 Å². The molecule has 2 heterocycles. The number of hydrogen-bond donors (Lipinski definition) is 1. The molecule has 0 aliphatic carbocycles. The van der Waals surface area contributed by atoms with Crippen molar-refractivity contribution >= 4 is 45.2 Å². The van der Waals surface area contributed by atoms with Crippen LogP contribution in [0.3, 0.4) is 0 Å². The maximum absolute atomic E-state index is 12.5. The minimum absolute atomic E-state index is 0.0979. The van der Waals surface area contributed by atoms with Gasteiger partial charge in [-0.05, 0) is 44.5 Å². The van der Waals surface area contributed by atoms with Crippen LogP contribution >= 0.6 is 11.3 Å². The van der Waals surface area contributed by atoms with E-state index in [0.717, 1.165) is 11.3 Å². The van der Waals surface area contributed by atoms with Crippen LogP contribution in [0.4, 0.5) is 5.00 Å². The van der Waals surface area contributed by atoms with E-state index in [9.17, 15) is 19.2 Å². The summed E-state index contributed by atoms with van der Waals surface area (Å²) in [5.74, 6) is -1.48. The van der Waals surface area contributed by atoms with Gasteiger partial charge in [0.15, 0.2) is 6.61 Å². The molecule has 32 heavy (non-hydrogen) atoms. The van der Waals surface area contributed by atoms with Crippen LogP contribution in [0.5, 0.6) is 5.75 Å². The molecule has 10 heteroatoms. The van der Waals surface area contributed by atoms with E-state index in [4.69, 9.17) is 18.6 Å². The van der Waals surface area contributed by atoms with Crippen molar-refractivity contribution in [2.45, 2.75) is 20.8 Å². The molecule has 0 fully saturated rings. The van der Waals surface area contributed by atoms with Crippen molar-refractivity contribution in [1.29, 1.82) is 0 Å². The number of carbonyl (C=O) groups excluding carboxylic acids is 3. The minimum Gasteiger partial charge on any atom is -0.484 e. The number of nitrogens with one attached hydrogen (secondary N) is 1. The monoisotopic (exact) mass is 459 g/mol. The van der Waals surface area contributed by atoms with E-state index >= 15 is 0 Å². The second-order valence-corrected chi connectivity index (χ2v) is 7.51. The SMILES string of the molecule is CCOC(=O)c1sc(NC(=O)COc2ccc3ccc(=O)oc3c2)c(C(=O)OCC)c1C. The fourth-order valence-corrected chi connectivity index (χ4v) is 3.99. The molecule has 0 bridgehead atoms. The number of anilines is 1. The lowest BCUT2D eigenvalue weighted by Crippen LogP contribution is -2.21. The lowest BCUT2D eigenvalue weighted by atomic mass is 10.1. The quantitative estimate of drug-likeness (QED) is 0.401. The van der Waals surface area contributed by atoms with Gasteiger partial charge < -0.3 is 23.9 Å². The molecule has 168 valence electrons. The molecule has 9 nitrogen and oxygen atoms in total. The van der Waals surface area contributed by atoms with Crippen molar-refractivity contribution < 1.29 is 33.0 Å². The molecule has 0 atom stereocenters. The Balaban J connectivity index is 1.77. The Hall–Kier alpha value is -3.66. The summed E-state index contributed by atoms with van der Waals surface area (Å²) in [6.07, 6.45) is 0. The molecule has 1 amide bonds. The zero-order chi connectivity index (χ0) is 23.3. The molecule has 1 aromatic carbocycles. The Kier molecular flexibility index (Phi) is 7.26. The van der Waals surface area contributed by atoms with Gasteiger partial charge in [0.2, 0.25) is 0 Å². The molecular formula is C22H21NO8S. The number of rotatable bonds is 8. The third-order valence-electron chi connectivity index (χ3n) is 4.30. The maximum Gasteiger partial charge on any atom is 0.348 e. The first-order valence-corrected chi connectivity index (χ1v) is 10.6. The second kappa shape index (κ2) is 10.1. The van der Waals surface area contributed by atoms with Gasteiger partial charge in [-0.15, -0.1) is 11.3 Å². The number of carbonyl (C=O) groups is 3. The van der Waals surface area contributed by atoms with E-state index in [-0.39, 0.29) is 35.3 Å². The zero-order valence-corrected chi connectivity index (χ0v) is 18.5. The standard InChI is InChI=1S/C22H21NO8S/c1-4-28-21(26)18-12(3)19(22(27)29-5-2)32-20(18)23-16(24)11-30-14-8-6-13-7-9-17(25)31-15(13)10-14/h6-10H,4-5,11H2,1-3H3,(H,23,24). The molecule has 0 aliphatic heterocycles. The molecule has 3 rings (SSSR count). The van der Waals surface area contributed by atoms with Gasteiger partial charge in [0.25, 0.3) is 5.91 Å². The van der Waals surface area contributed by atoms with Crippen molar-refractivity contribution in [3.8, 4) is 5.75 Å². The molecule has 0 radical (unpaired) electrons. The molecule has 1 N–H and O–H groups in total. The summed E-state index contributed by atoms with van der Waals surface area (Å²) in [5.41, 5.74) is 0.297. The van der Waals surface area contributed by atoms with Crippen LogP contribution in [0.2, 0.25) is 0 Å². The lowest BCUT2D eigenvalue weighted by molar-refractivity contribution is -0.118. The van der Waals surface area contributed by atoms with E-state index in [1.807, 2.05) is 0 Å². The highest BCUT2D eigenvalue weighted by Crippen LogP contribution is 2.34. The summed E-state index contributed by atoms with van der Waals surface area (Å²) < 4.78 is 20.7. The van der Waals surface area contributed by atoms with Gasteiger partial charge in [-0.3, -0.25) is 4.79 Å². The average molecular weight is 459 g/mol. The third kappa shape index (κ3) is 5.14. The van der Waals surface area contributed by atoms with Gasteiger partial charge in [-0.25, -0.2) is 14.4 Å². The highest BCUT2D eigenvalue weighted by Gasteiger charge is 2.27. The Morgan fingerprint density at radius 1 is 1.03 bits per heavy atom. The smallest absolute Gasteiger partial charge is 0.348 e. The van der Waals surface area contributed by atoms with Crippen LogP contribution in [-0.4, -0.2) is 37.7 Å². The van der Waals surface area contributed by atoms with Crippen molar-refractivity contribution in [1.82, 2.24) is 0 Å². The average Bonchev–Trinajstić information content (AvgIpc) is 3.08. The topological polar surface area (TPSA) is 121 Å². The normalized spacial score (nSPS) is 10.6. The van der Waals surface area contributed by atoms with Crippen molar-refractivity contribution in [2.24, 2.45) is 0 Å². The van der Waals surface area contributed by atoms with E-state index in [0.29, 0.717) is 22.3 Å². The van der Waals surface area contributed by atoms with Crippen LogP contribution in [-0.2, 0) is 14.3 Å². The number of ether oxygens (including phenoxy) is 3. The van der Waals surface area contributed by atoms with Crippen molar-refractivity contribution in [3.63, 3.8) is 0 Å². The first kappa shape index (κ1) is 23.0. The highest BCUT2D eigenvalue weighted by molar-refractivity contribution is 7.18. The summed E-state index contributed by atoms with van der Waals surface area (Å²) in [4.78, 5) is 48.7. The van der Waals surface area contributed by atoms with Gasteiger partial charge in [0.1, 0.15) is 21.2 Å². The Morgan fingerprint density at radius 3 is 2.44 bits per heavy atom. The number of esters is 2. The minimum atomic E-state index is -0.655.